The number of carbonyl (C=O) groups excluding carboxylic acids is 1. The highest BCUT2D eigenvalue weighted by Gasteiger charge is 2.23. The first-order valence-electron chi connectivity index (χ1n) is 8.60. The van der Waals surface area contributed by atoms with Crippen LogP contribution in [0.3, 0.4) is 0 Å². The lowest BCUT2D eigenvalue weighted by Gasteiger charge is -2.35. The van der Waals surface area contributed by atoms with Gasteiger partial charge in [0.15, 0.2) is 0 Å². The van der Waals surface area contributed by atoms with E-state index in [1.807, 2.05) is 18.2 Å². The summed E-state index contributed by atoms with van der Waals surface area (Å²) in [6.07, 6.45) is -2.64. The van der Waals surface area contributed by atoms with Crippen LogP contribution in [0.5, 0.6) is 0 Å². The third-order valence-electron chi connectivity index (χ3n) is 4.68. The molecule has 1 fully saturated rings. The van der Waals surface area contributed by atoms with Gasteiger partial charge < -0.3 is 4.90 Å². The Morgan fingerprint density at radius 1 is 1.19 bits per heavy atom. The van der Waals surface area contributed by atoms with Gasteiger partial charge in [0.1, 0.15) is 12.2 Å². The van der Waals surface area contributed by atoms with Crippen molar-refractivity contribution in [2.24, 2.45) is 0 Å². The van der Waals surface area contributed by atoms with Crippen LogP contribution in [-0.2, 0) is 17.9 Å². The molecule has 27 heavy (non-hydrogen) atoms. The molecule has 5 nitrogen and oxygen atoms in total. The summed E-state index contributed by atoms with van der Waals surface area (Å²) in [5.74, 6) is -0.127. The molecule has 0 radical (unpaired) electrons. The van der Waals surface area contributed by atoms with Gasteiger partial charge in [0.25, 0.3) is 6.43 Å². The number of rotatable bonds is 5. The third-order valence-corrected chi connectivity index (χ3v) is 5.39. The summed E-state index contributed by atoms with van der Waals surface area (Å²) in [5.41, 5.74) is 1.12. The van der Waals surface area contributed by atoms with E-state index >= 15 is 0 Å². The van der Waals surface area contributed by atoms with Crippen molar-refractivity contribution in [2.75, 3.05) is 26.2 Å². The molecule has 2 aromatic rings. The summed E-state index contributed by atoms with van der Waals surface area (Å²) in [6, 6.07) is 6.73. The highest BCUT2D eigenvalue weighted by Crippen LogP contribution is 2.26. The van der Waals surface area contributed by atoms with E-state index in [4.69, 9.17) is 23.2 Å². The van der Waals surface area contributed by atoms with Crippen molar-refractivity contribution in [1.29, 1.82) is 0 Å². The van der Waals surface area contributed by atoms with Crippen molar-refractivity contribution in [3.8, 4) is 0 Å². The van der Waals surface area contributed by atoms with Gasteiger partial charge in [0.05, 0.1) is 0 Å². The molecule has 1 amide bonds. The number of alkyl halides is 2. The average Bonchev–Trinajstić information content (AvgIpc) is 3.00. The van der Waals surface area contributed by atoms with E-state index in [9.17, 15) is 13.6 Å². The molecule has 0 spiro atoms. The number of hydrogen-bond acceptors (Lipinski definition) is 3. The Hall–Kier alpha value is -1.70. The number of nitrogens with zero attached hydrogens (tertiary/aromatic N) is 4. The maximum Gasteiger partial charge on any atom is 0.282 e. The molecule has 0 saturated carbocycles. The summed E-state index contributed by atoms with van der Waals surface area (Å²) >= 11 is 12.4. The van der Waals surface area contributed by atoms with Crippen LogP contribution < -0.4 is 0 Å². The zero-order valence-corrected chi connectivity index (χ0v) is 16.4. The number of halogens is 4. The highest BCUT2D eigenvalue weighted by molar-refractivity contribution is 6.35. The second-order valence-corrected chi connectivity index (χ2v) is 7.34. The van der Waals surface area contributed by atoms with E-state index in [1.54, 1.807) is 11.8 Å². The molecule has 1 aromatic carbocycles. The van der Waals surface area contributed by atoms with E-state index in [2.05, 4.69) is 10.00 Å². The molecule has 2 heterocycles. The molecule has 0 N–H and O–H groups in total. The summed E-state index contributed by atoms with van der Waals surface area (Å²) < 4.78 is 26.8. The van der Waals surface area contributed by atoms with Crippen LogP contribution >= 0.6 is 23.2 Å². The van der Waals surface area contributed by atoms with Crippen molar-refractivity contribution in [2.45, 2.75) is 26.4 Å². The Morgan fingerprint density at radius 2 is 1.81 bits per heavy atom. The molecule has 0 bridgehead atoms. The largest absolute Gasteiger partial charge is 0.339 e. The standard InChI is InChI=1S/C18H20Cl2F2N4O/c1-12-9-16(18(21)22)23-26(12)11-17(27)25-7-5-24(6-8-25)10-13-14(19)3-2-4-15(13)20/h2-4,9,18H,5-8,10-11H2,1H3. The van der Waals surface area contributed by atoms with Crippen molar-refractivity contribution in [3.63, 3.8) is 0 Å². The van der Waals surface area contributed by atoms with E-state index < -0.39 is 6.43 Å². The second kappa shape index (κ2) is 8.54. The Labute approximate surface area is 166 Å². The number of carbonyl (C=O) groups is 1. The molecular weight excluding hydrogens is 397 g/mol. The lowest BCUT2D eigenvalue weighted by atomic mass is 10.2. The van der Waals surface area contributed by atoms with E-state index in [0.29, 0.717) is 48.5 Å². The van der Waals surface area contributed by atoms with Crippen molar-refractivity contribution in [3.05, 3.63) is 51.3 Å². The maximum atomic E-state index is 12.7. The van der Waals surface area contributed by atoms with E-state index in [1.165, 1.54) is 10.7 Å². The molecule has 0 atom stereocenters. The average molecular weight is 417 g/mol. The number of hydrogen-bond donors (Lipinski definition) is 0. The molecule has 146 valence electrons. The van der Waals surface area contributed by atoms with Crippen LogP contribution in [0, 0.1) is 6.92 Å². The summed E-state index contributed by atoms with van der Waals surface area (Å²) in [4.78, 5) is 16.4. The lowest BCUT2D eigenvalue weighted by Crippen LogP contribution is -2.49. The van der Waals surface area contributed by atoms with Crippen molar-refractivity contribution < 1.29 is 13.6 Å². The van der Waals surface area contributed by atoms with Crippen LogP contribution in [0.1, 0.15) is 23.4 Å². The van der Waals surface area contributed by atoms with Gasteiger partial charge in [-0.15, -0.1) is 0 Å². The molecule has 1 aliphatic heterocycles. The zero-order chi connectivity index (χ0) is 19.6. The normalized spacial score (nSPS) is 15.6. The van der Waals surface area contributed by atoms with Gasteiger partial charge in [-0.1, -0.05) is 29.3 Å². The molecular formula is C18H20Cl2F2N4O. The van der Waals surface area contributed by atoms with Crippen LogP contribution in [0.2, 0.25) is 10.0 Å². The molecule has 1 aliphatic rings. The quantitative estimate of drug-likeness (QED) is 0.744. The van der Waals surface area contributed by atoms with Crippen molar-refractivity contribution >= 4 is 29.1 Å². The predicted octanol–water partition coefficient (Wildman–Crippen LogP) is 3.78. The van der Waals surface area contributed by atoms with Gasteiger partial charge in [-0.05, 0) is 25.1 Å². The van der Waals surface area contributed by atoms with Gasteiger partial charge in [-0.2, -0.15) is 5.10 Å². The number of aryl methyl sites for hydroxylation is 1. The van der Waals surface area contributed by atoms with Gasteiger partial charge in [-0.25, -0.2) is 8.78 Å². The minimum atomic E-state index is -2.64. The fourth-order valence-corrected chi connectivity index (χ4v) is 3.61. The van der Waals surface area contributed by atoms with E-state index in [-0.39, 0.29) is 18.1 Å². The Morgan fingerprint density at radius 3 is 2.37 bits per heavy atom. The molecule has 0 aliphatic carbocycles. The topological polar surface area (TPSA) is 41.4 Å². The molecule has 9 heteroatoms. The maximum absolute atomic E-state index is 12.7. The summed E-state index contributed by atoms with van der Waals surface area (Å²) in [5, 5.41) is 5.07. The zero-order valence-electron chi connectivity index (χ0n) is 14.8. The molecule has 1 saturated heterocycles. The van der Waals surface area contributed by atoms with Gasteiger partial charge in [0, 0.05) is 54.0 Å². The van der Waals surface area contributed by atoms with Crippen LogP contribution in [0.15, 0.2) is 24.3 Å². The highest BCUT2D eigenvalue weighted by atomic mass is 35.5. The smallest absolute Gasteiger partial charge is 0.282 e. The first-order valence-corrected chi connectivity index (χ1v) is 9.36. The summed E-state index contributed by atoms with van der Waals surface area (Å²) in [6.45, 7) is 4.75. The van der Waals surface area contributed by atoms with E-state index in [0.717, 1.165) is 5.56 Å². The predicted molar refractivity (Wildman–Crippen MR) is 100 cm³/mol. The Balaban J connectivity index is 1.55. The SMILES string of the molecule is Cc1cc(C(F)F)nn1CC(=O)N1CCN(Cc2c(Cl)cccc2Cl)CC1. The minimum Gasteiger partial charge on any atom is -0.339 e. The number of amides is 1. The number of benzene rings is 1. The number of aromatic nitrogens is 2. The Kier molecular flexibility index (Phi) is 6.34. The van der Waals surface area contributed by atoms with Crippen molar-refractivity contribution in [1.82, 2.24) is 19.6 Å². The first-order chi connectivity index (χ1) is 12.8. The van der Waals surface area contributed by atoms with Gasteiger partial charge in [-0.3, -0.25) is 14.4 Å². The summed E-state index contributed by atoms with van der Waals surface area (Å²) in [7, 11) is 0. The molecule has 1 aromatic heterocycles. The first kappa shape index (κ1) is 20.0. The monoisotopic (exact) mass is 416 g/mol. The third kappa shape index (κ3) is 4.78. The van der Waals surface area contributed by atoms with Crippen LogP contribution in [0.4, 0.5) is 8.78 Å². The van der Waals surface area contributed by atoms with Gasteiger partial charge >= 0.3 is 0 Å². The second-order valence-electron chi connectivity index (χ2n) is 6.53. The molecule has 0 unspecified atom stereocenters. The molecule has 3 rings (SSSR count). The fraction of sp³-hybridized carbons (Fsp3) is 0.444. The number of piperazine rings is 1. The minimum absolute atomic E-state index is 0.0328. The lowest BCUT2D eigenvalue weighted by molar-refractivity contribution is -0.133. The van der Waals surface area contributed by atoms with Crippen LogP contribution in [-0.4, -0.2) is 51.7 Å². The Bertz CT molecular complexity index is 799. The van der Waals surface area contributed by atoms with Gasteiger partial charge in [0.2, 0.25) is 5.91 Å². The fourth-order valence-electron chi connectivity index (χ4n) is 3.09. The van der Waals surface area contributed by atoms with Crippen LogP contribution in [0.25, 0.3) is 0 Å².